The van der Waals surface area contributed by atoms with Gasteiger partial charge in [-0.25, -0.2) is 4.79 Å². The first-order valence-electron chi connectivity index (χ1n) is 9.04. The van der Waals surface area contributed by atoms with Crippen LogP contribution in [0.25, 0.3) is 0 Å². The third-order valence-corrected chi connectivity index (χ3v) is 4.84. The largest absolute Gasteiger partial charge is 0.445 e. The van der Waals surface area contributed by atoms with Crippen molar-refractivity contribution in [3.05, 3.63) is 70.8 Å². The van der Waals surface area contributed by atoms with Crippen LogP contribution >= 0.6 is 0 Å². The van der Waals surface area contributed by atoms with Crippen molar-refractivity contribution in [1.29, 1.82) is 0 Å². The zero-order valence-electron chi connectivity index (χ0n) is 15.1. The van der Waals surface area contributed by atoms with Crippen molar-refractivity contribution < 1.29 is 14.6 Å². The summed E-state index contributed by atoms with van der Waals surface area (Å²) in [5, 5.41) is 12.7. The Balaban J connectivity index is 1.63. The summed E-state index contributed by atoms with van der Waals surface area (Å²) in [5.41, 5.74) is 4.17. The summed E-state index contributed by atoms with van der Waals surface area (Å²) >= 11 is 0. The van der Waals surface area contributed by atoms with Gasteiger partial charge < -0.3 is 20.1 Å². The van der Waals surface area contributed by atoms with Crippen LogP contribution in [0.15, 0.2) is 48.5 Å². The van der Waals surface area contributed by atoms with E-state index in [1.165, 1.54) is 0 Å². The van der Waals surface area contributed by atoms with Crippen molar-refractivity contribution in [3.63, 3.8) is 0 Å². The summed E-state index contributed by atoms with van der Waals surface area (Å²) in [6.07, 6.45) is 0.504. The molecule has 1 amide bonds. The molecule has 0 saturated carbocycles. The highest BCUT2D eigenvalue weighted by Crippen LogP contribution is 2.17. The van der Waals surface area contributed by atoms with Crippen LogP contribution in [0.3, 0.4) is 0 Å². The molecule has 3 rings (SSSR count). The quantitative estimate of drug-likeness (QED) is 0.867. The maximum absolute atomic E-state index is 12.6. The Morgan fingerprint density at radius 2 is 2.04 bits per heavy atom. The molecule has 1 aliphatic heterocycles. The van der Waals surface area contributed by atoms with Crippen molar-refractivity contribution >= 4 is 6.09 Å². The summed E-state index contributed by atoms with van der Waals surface area (Å²) in [6.45, 7) is 4.52. The molecular weight excluding hydrogens is 328 g/mol. The van der Waals surface area contributed by atoms with Crippen LogP contribution in [-0.4, -0.2) is 41.8 Å². The van der Waals surface area contributed by atoms with E-state index in [4.69, 9.17) is 4.74 Å². The number of rotatable bonds is 5. The van der Waals surface area contributed by atoms with E-state index < -0.39 is 0 Å². The molecule has 0 aromatic heterocycles. The number of amides is 1. The molecule has 1 aliphatic rings. The molecule has 1 heterocycles. The Kier molecular flexibility index (Phi) is 6.26. The number of benzene rings is 2. The Labute approximate surface area is 154 Å². The summed E-state index contributed by atoms with van der Waals surface area (Å²) in [6, 6.07) is 15.9. The zero-order chi connectivity index (χ0) is 18.4. The molecule has 2 N–H and O–H groups in total. The van der Waals surface area contributed by atoms with Gasteiger partial charge in [-0.3, -0.25) is 0 Å². The fraction of sp³-hybridized carbons (Fsp3) is 0.381. The predicted octanol–water partition coefficient (Wildman–Crippen LogP) is 2.64. The minimum atomic E-state index is -0.260. The first kappa shape index (κ1) is 18.4. The highest BCUT2D eigenvalue weighted by atomic mass is 16.6. The van der Waals surface area contributed by atoms with Crippen LogP contribution in [0.1, 0.15) is 22.3 Å². The van der Waals surface area contributed by atoms with Gasteiger partial charge in [-0.1, -0.05) is 48.5 Å². The number of hydrogen-bond donors (Lipinski definition) is 2. The first-order valence-corrected chi connectivity index (χ1v) is 9.04. The van der Waals surface area contributed by atoms with Crippen molar-refractivity contribution in [2.75, 3.05) is 19.6 Å². The number of hydrogen-bond acceptors (Lipinski definition) is 4. The predicted molar refractivity (Wildman–Crippen MR) is 101 cm³/mol. The van der Waals surface area contributed by atoms with Crippen molar-refractivity contribution in [2.45, 2.75) is 32.6 Å². The van der Waals surface area contributed by atoms with Crippen LogP contribution in [0, 0.1) is 6.92 Å². The Morgan fingerprint density at radius 1 is 1.23 bits per heavy atom. The van der Waals surface area contributed by atoms with Gasteiger partial charge in [0, 0.05) is 19.6 Å². The second-order valence-electron chi connectivity index (χ2n) is 6.71. The van der Waals surface area contributed by atoms with Gasteiger partial charge in [0.2, 0.25) is 0 Å². The molecule has 2 aromatic rings. The van der Waals surface area contributed by atoms with Crippen LogP contribution in [-0.2, 0) is 24.4 Å². The van der Waals surface area contributed by atoms with E-state index >= 15 is 0 Å². The summed E-state index contributed by atoms with van der Waals surface area (Å²) in [4.78, 5) is 14.4. The van der Waals surface area contributed by atoms with Gasteiger partial charge in [0.1, 0.15) is 6.61 Å². The van der Waals surface area contributed by atoms with Crippen molar-refractivity contribution in [1.82, 2.24) is 10.2 Å². The van der Waals surface area contributed by atoms with E-state index in [0.29, 0.717) is 13.2 Å². The molecule has 1 saturated heterocycles. The Morgan fingerprint density at radius 3 is 2.77 bits per heavy atom. The fourth-order valence-electron chi connectivity index (χ4n) is 3.32. The SMILES string of the molecule is Cc1cc(CC2CNCCN2C(=O)OCc2ccccc2)ccc1CO. The molecule has 0 spiro atoms. The van der Waals surface area contributed by atoms with Crippen LogP contribution in [0.5, 0.6) is 0 Å². The molecule has 5 nitrogen and oxygen atoms in total. The molecule has 1 unspecified atom stereocenters. The molecular formula is C21H26N2O3. The van der Waals surface area contributed by atoms with E-state index in [9.17, 15) is 9.90 Å². The summed E-state index contributed by atoms with van der Waals surface area (Å²) < 4.78 is 5.52. The summed E-state index contributed by atoms with van der Waals surface area (Å²) in [7, 11) is 0. The molecule has 5 heteroatoms. The van der Waals surface area contributed by atoms with E-state index in [1.807, 2.05) is 54.3 Å². The molecule has 2 aromatic carbocycles. The van der Waals surface area contributed by atoms with Gasteiger partial charge in [0.25, 0.3) is 0 Å². The first-order chi connectivity index (χ1) is 12.7. The van der Waals surface area contributed by atoms with Crippen molar-refractivity contribution in [3.8, 4) is 0 Å². The number of aliphatic hydroxyl groups is 1. The smallest absolute Gasteiger partial charge is 0.410 e. The second-order valence-corrected chi connectivity index (χ2v) is 6.71. The highest BCUT2D eigenvalue weighted by molar-refractivity contribution is 5.68. The number of aliphatic hydroxyl groups excluding tert-OH is 1. The van der Waals surface area contributed by atoms with Gasteiger partial charge in [-0.15, -0.1) is 0 Å². The zero-order valence-corrected chi connectivity index (χ0v) is 15.1. The number of piperazine rings is 1. The lowest BCUT2D eigenvalue weighted by Crippen LogP contribution is -2.54. The van der Waals surface area contributed by atoms with E-state index in [0.717, 1.165) is 41.8 Å². The number of carbonyl (C=O) groups excluding carboxylic acids is 1. The number of nitrogens with zero attached hydrogens (tertiary/aromatic N) is 1. The van der Waals surface area contributed by atoms with E-state index in [1.54, 1.807) is 0 Å². The Hall–Kier alpha value is -2.37. The molecule has 26 heavy (non-hydrogen) atoms. The third kappa shape index (κ3) is 4.62. The second kappa shape index (κ2) is 8.83. The average molecular weight is 354 g/mol. The third-order valence-electron chi connectivity index (χ3n) is 4.84. The lowest BCUT2D eigenvalue weighted by molar-refractivity contribution is 0.0722. The minimum Gasteiger partial charge on any atom is -0.445 e. The summed E-state index contributed by atoms with van der Waals surface area (Å²) in [5.74, 6) is 0. The van der Waals surface area contributed by atoms with Gasteiger partial charge in [-0.05, 0) is 35.6 Å². The molecule has 0 aliphatic carbocycles. The number of aryl methyl sites for hydroxylation is 1. The van der Waals surface area contributed by atoms with Crippen molar-refractivity contribution in [2.24, 2.45) is 0 Å². The molecule has 1 fully saturated rings. The molecule has 1 atom stereocenters. The topological polar surface area (TPSA) is 61.8 Å². The lowest BCUT2D eigenvalue weighted by atomic mass is 9.99. The number of carbonyl (C=O) groups is 1. The maximum Gasteiger partial charge on any atom is 0.410 e. The van der Waals surface area contributed by atoms with Gasteiger partial charge in [0.05, 0.1) is 12.6 Å². The molecule has 138 valence electrons. The highest BCUT2D eigenvalue weighted by Gasteiger charge is 2.28. The molecule has 0 radical (unpaired) electrons. The standard InChI is InChI=1S/C21H26N2O3/c1-16-11-18(7-8-19(16)14-24)12-20-13-22-9-10-23(20)21(25)26-15-17-5-3-2-4-6-17/h2-8,11,20,22,24H,9-10,12-15H2,1H3. The molecule has 0 bridgehead atoms. The van der Waals surface area contributed by atoms with E-state index in [2.05, 4.69) is 11.4 Å². The number of nitrogens with one attached hydrogen (secondary N) is 1. The minimum absolute atomic E-state index is 0.0506. The fourth-order valence-corrected chi connectivity index (χ4v) is 3.32. The Bertz CT molecular complexity index is 733. The van der Waals surface area contributed by atoms with Crippen LogP contribution < -0.4 is 5.32 Å². The maximum atomic E-state index is 12.6. The van der Waals surface area contributed by atoms with Gasteiger partial charge >= 0.3 is 6.09 Å². The number of ether oxygens (including phenoxy) is 1. The lowest BCUT2D eigenvalue weighted by Gasteiger charge is -2.35. The normalized spacial score (nSPS) is 17.2. The van der Waals surface area contributed by atoms with Gasteiger partial charge in [0.15, 0.2) is 0 Å². The average Bonchev–Trinajstić information content (AvgIpc) is 2.67. The van der Waals surface area contributed by atoms with E-state index in [-0.39, 0.29) is 18.7 Å². The van der Waals surface area contributed by atoms with Crippen LogP contribution in [0.4, 0.5) is 4.79 Å². The monoisotopic (exact) mass is 354 g/mol. The van der Waals surface area contributed by atoms with Gasteiger partial charge in [-0.2, -0.15) is 0 Å². The van der Waals surface area contributed by atoms with Crippen LogP contribution in [0.2, 0.25) is 0 Å².